The molecular weight excluding hydrogens is 204 g/mol. The summed E-state index contributed by atoms with van der Waals surface area (Å²) in [6, 6.07) is 0.0344. The molecule has 16 heavy (non-hydrogen) atoms. The number of likely N-dealkylation sites (N-methyl/N-ethyl adjacent to an activating group) is 1. The Kier molecular flexibility index (Phi) is 5.46. The third kappa shape index (κ3) is 3.93. The maximum Gasteiger partial charge on any atom is 0.221 e. The molecule has 1 fully saturated rings. The van der Waals surface area contributed by atoms with Gasteiger partial charge in [0.05, 0.1) is 6.04 Å². The van der Waals surface area contributed by atoms with E-state index in [0.717, 1.165) is 25.7 Å². The number of carbonyl (C=O) groups excluding carboxylic acids is 2. The van der Waals surface area contributed by atoms with Gasteiger partial charge in [-0.2, -0.15) is 0 Å². The molecule has 1 aliphatic rings. The van der Waals surface area contributed by atoms with Crippen molar-refractivity contribution in [1.29, 1.82) is 0 Å². The lowest BCUT2D eigenvalue weighted by Gasteiger charge is -2.25. The Morgan fingerprint density at radius 1 is 1.44 bits per heavy atom. The second-order valence-electron chi connectivity index (χ2n) is 4.49. The maximum absolute atomic E-state index is 11.8. The zero-order valence-electron chi connectivity index (χ0n) is 10.3. The van der Waals surface area contributed by atoms with Crippen molar-refractivity contribution in [2.45, 2.75) is 44.6 Å². The van der Waals surface area contributed by atoms with E-state index < -0.39 is 0 Å². The number of hydrogen-bond donors (Lipinski definition) is 1. The first-order valence-corrected chi connectivity index (χ1v) is 6.08. The van der Waals surface area contributed by atoms with Gasteiger partial charge in [0, 0.05) is 26.4 Å². The minimum Gasteiger partial charge on any atom is -0.359 e. The Morgan fingerprint density at radius 3 is 2.88 bits per heavy atom. The summed E-state index contributed by atoms with van der Waals surface area (Å²) >= 11 is 0. The molecule has 4 nitrogen and oxygen atoms in total. The molecule has 1 N–H and O–H groups in total. The van der Waals surface area contributed by atoms with Crippen LogP contribution >= 0.6 is 0 Å². The Labute approximate surface area is 97.4 Å². The highest BCUT2D eigenvalue weighted by molar-refractivity contribution is 5.84. The fraction of sp³-hybridized carbons (Fsp3) is 0.833. The van der Waals surface area contributed by atoms with E-state index in [-0.39, 0.29) is 11.9 Å². The van der Waals surface area contributed by atoms with Crippen molar-refractivity contribution in [2.75, 3.05) is 20.6 Å². The van der Waals surface area contributed by atoms with Crippen LogP contribution in [0.1, 0.15) is 38.5 Å². The van der Waals surface area contributed by atoms with Crippen molar-refractivity contribution in [2.24, 2.45) is 0 Å². The summed E-state index contributed by atoms with van der Waals surface area (Å²) in [5.74, 6) is 0.379. The number of rotatable bonds is 4. The van der Waals surface area contributed by atoms with Gasteiger partial charge in [-0.15, -0.1) is 0 Å². The summed E-state index contributed by atoms with van der Waals surface area (Å²) in [4.78, 5) is 25.0. The normalized spacial score (nSPS) is 21.9. The molecule has 0 aromatic carbocycles. The van der Waals surface area contributed by atoms with Crippen molar-refractivity contribution in [3.8, 4) is 0 Å². The van der Waals surface area contributed by atoms with Gasteiger partial charge in [-0.25, -0.2) is 0 Å². The van der Waals surface area contributed by atoms with E-state index in [2.05, 4.69) is 5.32 Å². The summed E-state index contributed by atoms with van der Waals surface area (Å²) in [5.41, 5.74) is 0. The number of amides is 1. The molecule has 1 atom stereocenters. The van der Waals surface area contributed by atoms with Gasteiger partial charge in [0.2, 0.25) is 5.91 Å². The van der Waals surface area contributed by atoms with Gasteiger partial charge in [-0.1, -0.05) is 12.8 Å². The number of carbonyl (C=O) groups is 2. The molecule has 0 aliphatic heterocycles. The van der Waals surface area contributed by atoms with Crippen molar-refractivity contribution in [1.82, 2.24) is 10.2 Å². The maximum atomic E-state index is 11.8. The topological polar surface area (TPSA) is 49.4 Å². The molecule has 0 bridgehead atoms. The third-order valence-corrected chi connectivity index (χ3v) is 3.27. The summed E-state index contributed by atoms with van der Waals surface area (Å²) in [7, 11) is 3.58. The van der Waals surface area contributed by atoms with E-state index in [1.807, 2.05) is 11.9 Å². The summed E-state index contributed by atoms with van der Waals surface area (Å²) in [6.45, 7) is 0.663. The molecular formula is C12H22N2O2. The first-order chi connectivity index (χ1) is 7.65. The van der Waals surface area contributed by atoms with Gasteiger partial charge in [0.15, 0.2) is 0 Å². The molecule has 1 saturated carbocycles. The number of nitrogens with one attached hydrogen (secondary N) is 1. The lowest BCUT2D eigenvalue weighted by atomic mass is 10.1. The molecule has 0 saturated heterocycles. The standard InChI is InChI=1S/C12H22N2O2/c1-13-12(16)8-9-14(2)10-6-4-3-5-7-11(10)15/h10H,3-9H2,1-2H3,(H,13,16). The molecule has 0 radical (unpaired) electrons. The van der Waals surface area contributed by atoms with Crippen LogP contribution in [0, 0.1) is 0 Å². The quantitative estimate of drug-likeness (QED) is 0.726. The Morgan fingerprint density at radius 2 is 2.19 bits per heavy atom. The fourth-order valence-corrected chi connectivity index (χ4v) is 2.17. The summed E-state index contributed by atoms with van der Waals surface area (Å²) in [6.07, 6.45) is 5.43. The second-order valence-corrected chi connectivity index (χ2v) is 4.49. The fourth-order valence-electron chi connectivity index (χ4n) is 2.17. The minimum absolute atomic E-state index is 0.0344. The lowest BCUT2D eigenvalue weighted by molar-refractivity contribution is -0.125. The SMILES string of the molecule is CNC(=O)CCN(C)C1CCCCCC1=O. The van der Waals surface area contributed by atoms with Crippen LogP contribution in [0.3, 0.4) is 0 Å². The van der Waals surface area contributed by atoms with Crippen LogP contribution < -0.4 is 5.32 Å². The number of hydrogen-bond acceptors (Lipinski definition) is 3. The first-order valence-electron chi connectivity index (χ1n) is 6.08. The monoisotopic (exact) mass is 226 g/mol. The van der Waals surface area contributed by atoms with E-state index in [9.17, 15) is 9.59 Å². The average Bonchev–Trinajstić information content (AvgIpc) is 2.50. The molecule has 1 amide bonds. The van der Waals surface area contributed by atoms with Gasteiger partial charge in [0.1, 0.15) is 5.78 Å². The molecule has 92 valence electrons. The average molecular weight is 226 g/mol. The number of ketones is 1. The van der Waals surface area contributed by atoms with E-state index in [1.165, 1.54) is 0 Å². The summed E-state index contributed by atoms with van der Waals surface area (Å²) < 4.78 is 0. The van der Waals surface area contributed by atoms with Crippen LogP contribution in [-0.2, 0) is 9.59 Å². The predicted molar refractivity (Wildman–Crippen MR) is 63.2 cm³/mol. The van der Waals surface area contributed by atoms with E-state index in [0.29, 0.717) is 25.2 Å². The Hall–Kier alpha value is -0.900. The highest BCUT2D eigenvalue weighted by Gasteiger charge is 2.24. The van der Waals surface area contributed by atoms with Crippen molar-refractivity contribution >= 4 is 11.7 Å². The molecule has 0 aromatic heterocycles. The van der Waals surface area contributed by atoms with Crippen LogP contribution in [-0.4, -0.2) is 43.3 Å². The first kappa shape index (κ1) is 13.2. The molecule has 1 unspecified atom stereocenters. The van der Waals surface area contributed by atoms with Crippen molar-refractivity contribution < 1.29 is 9.59 Å². The largest absolute Gasteiger partial charge is 0.359 e. The molecule has 1 rings (SSSR count). The Bertz CT molecular complexity index is 253. The van der Waals surface area contributed by atoms with Crippen LogP contribution in [0.4, 0.5) is 0 Å². The van der Waals surface area contributed by atoms with Gasteiger partial charge >= 0.3 is 0 Å². The minimum atomic E-state index is 0.0344. The van der Waals surface area contributed by atoms with Gasteiger partial charge in [-0.05, 0) is 19.9 Å². The molecule has 0 aromatic rings. The molecule has 4 heteroatoms. The van der Waals surface area contributed by atoms with E-state index >= 15 is 0 Å². The third-order valence-electron chi connectivity index (χ3n) is 3.27. The van der Waals surface area contributed by atoms with Crippen LogP contribution in [0.25, 0.3) is 0 Å². The van der Waals surface area contributed by atoms with Gasteiger partial charge in [0.25, 0.3) is 0 Å². The highest BCUT2D eigenvalue weighted by atomic mass is 16.1. The van der Waals surface area contributed by atoms with Gasteiger partial charge < -0.3 is 5.32 Å². The van der Waals surface area contributed by atoms with E-state index in [4.69, 9.17) is 0 Å². The highest BCUT2D eigenvalue weighted by Crippen LogP contribution is 2.18. The smallest absolute Gasteiger partial charge is 0.221 e. The number of nitrogens with zero attached hydrogens (tertiary/aromatic N) is 1. The lowest BCUT2D eigenvalue weighted by Crippen LogP contribution is -2.39. The predicted octanol–water partition coefficient (Wildman–Crippen LogP) is 0.956. The Balaban J connectivity index is 2.41. The second kappa shape index (κ2) is 6.63. The zero-order chi connectivity index (χ0) is 12.0. The summed E-state index contributed by atoms with van der Waals surface area (Å²) in [5, 5.41) is 2.60. The van der Waals surface area contributed by atoms with Crippen molar-refractivity contribution in [3.63, 3.8) is 0 Å². The zero-order valence-corrected chi connectivity index (χ0v) is 10.3. The van der Waals surface area contributed by atoms with Crippen LogP contribution in [0.15, 0.2) is 0 Å². The van der Waals surface area contributed by atoms with E-state index in [1.54, 1.807) is 7.05 Å². The van der Waals surface area contributed by atoms with Crippen molar-refractivity contribution in [3.05, 3.63) is 0 Å². The number of Topliss-reactive ketones (excluding diaryl/α,β-unsaturated/α-hetero) is 1. The molecule has 1 aliphatic carbocycles. The molecule has 0 spiro atoms. The molecule has 0 heterocycles. The van der Waals surface area contributed by atoms with Crippen LogP contribution in [0.5, 0.6) is 0 Å². The van der Waals surface area contributed by atoms with Gasteiger partial charge in [-0.3, -0.25) is 14.5 Å². The van der Waals surface area contributed by atoms with Crippen LogP contribution in [0.2, 0.25) is 0 Å².